The van der Waals surface area contributed by atoms with Gasteiger partial charge in [-0.15, -0.1) is 6.58 Å². The van der Waals surface area contributed by atoms with Crippen molar-refractivity contribution < 1.29 is 9.90 Å². The van der Waals surface area contributed by atoms with Gasteiger partial charge in [-0.2, -0.15) is 5.10 Å². The van der Waals surface area contributed by atoms with Gasteiger partial charge in [-0.3, -0.25) is 14.6 Å². The van der Waals surface area contributed by atoms with Crippen LogP contribution in [0.1, 0.15) is 52.5 Å². The predicted octanol–water partition coefficient (Wildman–Crippen LogP) is 2.90. The molecule has 0 bridgehead atoms. The van der Waals surface area contributed by atoms with E-state index < -0.39 is 5.97 Å². The maximum absolute atomic E-state index is 11.7. The zero-order chi connectivity index (χ0) is 18.8. The van der Waals surface area contributed by atoms with Gasteiger partial charge in [-0.1, -0.05) is 6.08 Å². The zero-order valence-electron chi connectivity index (χ0n) is 15.5. The van der Waals surface area contributed by atoms with E-state index in [9.17, 15) is 9.90 Å². The average Bonchev–Trinajstić information content (AvgIpc) is 3.07. The van der Waals surface area contributed by atoms with Gasteiger partial charge in [0.2, 0.25) is 0 Å². The quantitative estimate of drug-likeness (QED) is 0.824. The van der Waals surface area contributed by atoms with Crippen molar-refractivity contribution in [1.29, 1.82) is 0 Å². The van der Waals surface area contributed by atoms with Gasteiger partial charge in [0.15, 0.2) is 5.69 Å². The van der Waals surface area contributed by atoms with Crippen molar-refractivity contribution in [2.45, 2.75) is 50.6 Å². The Bertz CT molecular complexity index is 822. The predicted molar refractivity (Wildman–Crippen MR) is 103 cm³/mol. The summed E-state index contributed by atoms with van der Waals surface area (Å²) in [5, 5.41) is 13.9. The van der Waals surface area contributed by atoms with Crippen LogP contribution in [0.15, 0.2) is 37.2 Å². The third-order valence-electron chi connectivity index (χ3n) is 6.05. The number of rotatable bonds is 5. The molecule has 0 amide bonds. The Labute approximate surface area is 159 Å². The summed E-state index contributed by atoms with van der Waals surface area (Å²) in [4.78, 5) is 18.3. The number of carboxylic acids is 1. The average molecular weight is 366 g/mol. The normalized spacial score (nSPS) is 21.0. The number of pyridine rings is 1. The molecule has 1 aliphatic carbocycles. The highest BCUT2D eigenvalue weighted by Gasteiger charge is 2.33. The lowest BCUT2D eigenvalue weighted by atomic mass is 9.86. The summed E-state index contributed by atoms with van der Waals surface area (Å²) < 4.78 is 1.82. The molecule has 4 rings (SSSR count). The van der Waals surface area contributed by atoms with Crippen molar-refractivity contribution in [3.63, 3.8) is 0 Å². The summed E-state index contributed by atoms with van der Waals surface area (Å²) in [7, 11) is 0. The van der Waals surface area contributed by atoms with Crippen molar-refractivity contribution in [1.82, 2.24) is 19.7 Å². The first-order valence-corrected chi connectivity index (χ1v) is 9.74. The van der Waals surface area contributed by atoms with E-state index in [1.54, 1.807) is 6.08 Å². The third-order valence-corrected chi connectivity index (χ3v) is 6.05. The standard InChI is InChI=1S/C21H26N4O2/c1-2-11-25-19-4-3-17(14-18(19)20(23-25)21(26)27)24-12-7-16(8-13-24)15-5-9-22-10-6-15/h2,5-6,9-10,16-17H,1,3-4,7-8,11-14H2,(H,26,27)/t17-/m1/s1. The first kappa shape index (κ1) is 17.9. The molecule has 0 aromatic carbocycles. The Morgan fingerprint density at radius 3 is 2.67 bits per heavy atom. The first-order valence-electron chi connectivity index (χ1n) is 9.74. The van der Waals surface area contributed by atoms with Crippen molar-refractivity contribution in [2.24, 2.45) is 0 Å². The second kappa shape index (κ2) is 7.64. The number of likely N-dealkylation sites (tertiary alicyclic amines) is 1. The second-order valence-corrected chi connectivity index (χ2v) is 7.54. The fourth-order valence-electron chi connectivity index (χ4n) is 4.66. The van der Waals surface area contributed by atoms with Gasteiger partial charge >= 0.3 is 5.97 Å². The van der Waals surface area contributed by atoms with Crippen LogP contribution in [0.4, 0.5) is 0 Å². The third kappa shape index (κ3) is 3.54. The van der Waals surface area contributed by atoms with Crippen LogP contribution in [0.2, 0.25) is 0 Å². The fraction of sp³-hybridized carbons (Fsp3) is 0.476. The number of aromatic carboxylic acids is 1. The minimum absolute atomic E-state index is 0.225. The molecule has 0 saturated carbocycles. The van der Waals surface area contributed by atoms with Gasteiger partial charge in [-0.05, 0) is 68.8 Å². The number of carbonyl (C=O) groups is 1. The molecule has 142 valence electrons. The van der Waals surface area contributed by atoms with E-state index in [4.69, 9.17) is 0 Å². The number of piperidine rings is 1. The maximum atomic E-state index is 11.7. The summed E-state index contributed by atoms with van der Waals surface area (Å²) >= 11 is 0. The number of aromatic nitrogens is 3. The Morgan fingerprint density at radius 2 is 2.00 bits per heavy atom. The van der Waals surface area contributed by atoms with Crippen LogP contribution >= 0.6 is 0 Å². The van der Waals surface area contributed by atoms with Crippen molar-refractivity contribution in [3.05, 3.63) is 59.7 Å². The van der Waals surface area contributed by atoms with Crippen LogP contribution < -0.4 is 0 Å². The van der Waals surface area contributed by atoms with Crippen molar-refractivity contribution >= 4 is 5.97 Å². The molecule has 1 saturated heterocycles. The van der Waals surface area contributed by atoms with Gasteiger partial charge in [0, 0.05) is 29.7 Å². The minimum Gasteiger partial charge on any atom is -0.476 e. The van der Waals surface area contributed by atoms with Gasteiger partial charge in [0.1, 0.15) is 0 Å². The molecule has 3 heterocycles. The van der Waals surface area contributed by atoms with Crippen LogP contribution in [0.5, 0.6) is 0 Å². The van der Waals surface area contributed by atoms with E-state index in [1.165, 1.54) is 5.56 Å². The SMILES string of the molecule is C=CCn1nc(C(=O)O)c2c1CC[C@@H](N1CCC(c3ccncc3)CC1)C2. The fourth-order valence-corrected chi connectivity index (χ4v) is 4.66. The molecule has 1 N–H and O–H groups in total. The van der Waals surface area contributed by atoms with Crippen molar-refractivity contribution in [3.8, 4) is 0 Å². The highest BCUT2D eigenvalue weighted by molar-refractivity contribution is 5.87. The smallest absolute Gasteiger partial charge is 0.356 e. The van der Waals surface area contributed by atoms with E-state index in [0.717, 1.165) is 56.5 Å². The Hall–Kier alpha value is -2.47. The van der Waals surface area contributed by atoms with Gasteiger partial charge in [0.05, 0.1) is 6.54 Å². The summed E-state index contributed by atoms with van der Waals surface area (Å²) in [5.74, 6) is -0.320. The zero-order valence-corrected chi connectivity index (χ0v) is 15.5. The van der Waals surface area contributed by atoms with Crippen molar-refractivity contribution in [2.75, 3.05) is 13.1 Å². The summed E-state index contributed by atoms with van der Waals surface area (Å²) in [6.07, 6.45) is 10.6. The molecule has 2 aromatic heterocycles. The lowest BCUT2D eigenvalue weighted by Gasteiger charge is -2.39. The molecule has 0 unspecified atom stereocenters. The Kier molecular flexibility index (Phi) is 5.07. The van der Waals surface area contributed by atoms with Gasteiger partial charge < -0.3 is 5.11 Å². The number of allylic oxidation sites excluding steroid dienone is 1. The largest absolute Gasteiger partial charge is 0.476 e. The van der Waals surface area contributed by atoms with Crippen LogP contribution in [-0.2, 0) is 19.4 Å². The summed E-state index contributed by atoms with van der Waals surface area (Å²) in [6.45, 7) is 6.46. The van der Waals surface area contributed by atoms with E-state index in [0.29, 0.717) is 18.5 Å². The molecular formula is C21H26N4O2. The highest BCUT2D eigenvalue weighted by Crippen LogP contribution is 2.33. The molecule has 6 nitrogen and oxygen atoms in total. The lowest BCUT2D eigenvalue weighted by molar-refractivity contribution is 0.0687. The van der Waals surface area contributed by atoms with E-state index in [2.05, 4.69) is 33.7 Å². The molecule has 2 aromatic rings. The highest BCUT2D eigenvalue weighted by atomic mass is 16.4. The second-order valence-electron chi connectivity index (χ2n) is 7.54. The Morgan fingerprint density at radius 1 is 1.26 bits per heavy atom. The van der Waals surface area contributed by atoms with Gasteiger partial charge in [0.25, 0.3) is 0 Å². The Balaban J connectivity index is 1.46. The number of nitrogens with zero attached hydrogens (tertiary/aromatic N) is 4. The number of hydrogen-bond donors (Lipinski definition) is 1. The minimum atomic E-state index is -0.925. The van der Waals surface area contributed by atoms with Crippen LogP contribution in [-0.4, -0.2) is 49.9 Å². The molecule has 27 heavy (non-hydrogen) atoms. The van der Waals surface area contributed by atoms with Crippen LogP contribution in [0.3, 0.4) is 0 Å². The lowest BCUT2D eigenvalue weighted by Crippen LogP contribution is -2.44. The van der Waals surface area contributed by atoms with Gasteiger partial charge in [-0.25, -0.2) is 4.79 Å². The molecule has 0 radical (unpaired) electrons. The summed E-state index contributed by atoms with van der Waals surface area (Å²) in [6, 6.07) is 4.66. The molecule has 1 atom stereocenters. The maximum Gasteiger partial charge on any atom is 0.356 e. The molecular weight excluding hydrogens is 340 g/mol. The number of carboxylic acid groups (broad SMARTS) is 1. The number of fused-ring (bicyclic) bond motifs is 1. The van der Waals surface area contributed by atoms with E-state index in [-0.39, 0.29) is 5.69 Å². The van der Waals surface area contributed by atoms with Crippen LogP contribution in [0.25, 0.3) is 0 Å². The number of hydrogen-bond acceptors (Lipinski definition) is 4. The monoisotopic (exact) mass is 366 g/mol. The van der Waals surface area contributed by atoms with E-state index >= 15 is 0 Å². The topological polar surface area (TPSA) is 71.2 Å². The first-order chi connectivity index (χ1) is 13.2. The molecule has 1 aliphatic heterocycles. The summed E-state index contributed by atoms with van der Waals surface area (Å²) in [5.41, 5.74) is 3.62. The molecule has 0 spiro atoms. The molecule has 6 heteroatoms. The molecule has 2 aliphatic rings. The van der Waals surface area contributed by atoms with Crippen LogP contribution in [0, 0.1) is 0 Å². The van der Waals surface area contributed by atoms with E-state index in [1.807, 2.05) is 17.1 Å². The molecule has 1 fully saturated rings.